The van der Waals surface area contributed by atoms with Crippen molar-refractivity contribution in [2.24, 2.45) is 5.73 Å². The van der Waals surface area contributed by atoms with Crippen molar-refractivity contribution in [3.05, 3.63) is 59.7 Å². The molecule has 0 saturated carbocycles. The van der Waals surface area contributed by atoms with Crippen molar-refractivity contribution >= 4 is 11.8 Å². The number of carbonyl (C=O) groups is 2. The van der Waals surface area contributed by atoms with Crippen molar-refractivity contribution in [2.45, 2.75) is 25.3 Å². The molecule has 0 aliphatic heterocycles. The van der Waals surface area contributed by atoms with Crippen LogP contribution in [0.4, 0.5) is 0 Å². The molecule has 0 radical (unpaired) electrons. The van der Waals surface area contributed by atoms with Crippen molar-refractivity contribution in [3.8, 4) is 11.1 Å². The molecule has 4 N–H and O–H groups in total. The number of hydroxylamine groups is 1. The number of amides is 2. The Bertz CT molecular complexity index is 740. The Balaban J connectivity index is 1.99. The zero-order chi connectivity index (χ0) is 19.1. The highest BCUT2D eigenvalue weighted by atomic mass is 16.5. The van der Waals surface area contributed by atoms with E-state index in [1.165, 1.54) is 4.90 Å². The van der Waals surface area contributed by atoms with Gasteiger partial charge in [-0.05, 0) is 35.1 Å². The van der Waals surface area contributed by atoms with Gasteiger partial charge in [0.25, 0.3) is 0 Å². The van der Waals surface area contributed by atoms with Crippen LogP contribution < -0.4 is 11.2 Å². The van der Waals surface area contributed by atoms with Gasteiger partial charge in [0, 0.05) is 20.5 Å². The maximum absolute atomic E-state index is 11.8. The first kappa shape index (κ1) is 19.6. The third-order valence-corrected chi connectivity index (χ3v) is 4.22. The number of hydrogen-bond donors (Lipinski definition) is 3. The largest absolute Gasteiger partial charge is 0.347 e. The SMILES string of the molecule is CN(C)C(=O)C(N)Cc1ccc(-c2ccc(CCC(=O)NO)cc2)cc1. The van der Waals surface area contributed by atoms with Gasteiger partial charge in [-0.15, -0.1) is 0 Å². The Morgan fingerprint density at radius 1 is 1.00 bits per heavy atom. The Morgan fingerprint density at radius 3 is 1.96 bits per heavy atom. The molecule has 0 spiro atoms. The summed E-state index contributed by atoms with van der Waals surface area (Å²) >= 11 is 0. The van der Waals surface area contributed by atoms with Gasteiger partial charge in [0.05, 0.1) is 6.04 Å². The third kappa shape index (κ3) is 5.40. The number of likely N-dealkylation sites (N-methyl/N-ethyl adjacent to an activating group) is 1. The quantitative estimate of drug-likeness (QED) is 0.521. The van der Waals surface area contributed by atoms with E-state index >= 15 is 0 Å². The maximum atomic E-state index is 11.8. The number of nitrogens with zero attached hydrogens (tertiary/aromatic N) is 1. The Kier molecular flexibility index (Phi) is 6.89. The fraction of sp³-hybridized carbons (Fsp3) is 0.300. The first-order valence-corrected chi connectivity index (χ1v) is 8.48. The average molecular weight is 355 g/mol. The van der Waals surface area contributed by atoms with Crippen LogP contribution in [-0.4, -0.2) is 42.1 Å². The van der Waals surface area contributed by atoms with Gasteiger partial charge in [-0.25, -0.2) is 5.48 Å². The van der Waals surface area contributed by atoms with E-state index in [1.54, 1.807) is 19.6 Å². The van der Waals surface area contributed by atoms with E-state index in [1.807, 2.05) is 48.5 Å². The summed E-state index contributed by atoms with van der Waals surface area (Å²) in [6, 6.07) is 15.4. The van der Waals surface area contributed by atoms with Gasteiger partial charge in [0.2, 0.25) is 11.8 Å². The van der Waals surface area contributed by atoms with E-state index in [0.717, 1.165) is 22.3 Å². The topological polar surface area (TPSA) is 95.7 Å². The standard InChI is InChI=1S/C20H25N3O3/c1-23(2)20(25)18(21)13-15-5-10-17(11-6-15)16-8-3-14(4-9-16)7-12-19(24)22-26/h3-6,8-11,18,26H,7,12-13,21H2,1-2H3,(H,22,24). The lowest BCUT2D eigenvalue weighted by Gasteiger charge is -2.16. The van der Waals surface area contributed by atoms with Crippen molar-refractivity contribution in [2.75, 3.05) is 14.1 Å². The molecule has 0 aliphatic carbocycles. The summed E-state index contributed by atoms with van der Waals surface area (Å²) in [7, 11) is 3.40. The number of nitrogens with two attached hydrogens (primary N) is 1. The smallest absolute Gasteiger partial charge is 0.243 e. The minimum atomic E-state index is -0.536. The van der Waals surface area contributed by atoms with Gasteiger partial charge in [0.1, 0.15) is 0 Å². The summed E-state index contributed by atoms with van der Waals surface area (Å²) in [6.07, 6.45) is 1.32. The monoisotopic (exact) mass is 355 g/mol. The molecule has 0 heterocycles. The lowest BCUT2D eigenvalue weighted by molar-refractivity contribution is -0.130. The molecule has 6 nitrogen and oxygen atoms in total. The van der Waals surface area contributed by atoms with E-state index < -0.39 is 11.9 Å². The highest BCUT2D eigenvalue weighted by Crippen LogP contribution is 2.21. The normalized spacial score (nSPS) is 11.7. The van der Waals surface area contributed by atoms with Crippen LogP contribution in [0.15, 0.2) is 48.5 Å². The molecule has 0 saturated heterocycles. The van der Waals surface area contributed by atoms with Crippen LogP contribution in [0.2, 0.25) is 0 Å². The number of carbonyl (C=O) groups excluding carboxylic acids is 2. The van der Waals surface area contributed by atoms with Gasteiger partial charge in [-0.2, -0.15) is 0 Å². The first-order valence-electron chi connectivity index (χ1n) is 8.48. The number of rotatable bonds is 7. The van der Waals surface area contributed by atoms with Crippen LogP contribution in [0.5, 0.6) is 0 Å². The van der Waals surface area contributed by atoms with Crippen molar-refractivity contribution in [1.29, 1.82) is 0 Å². The van der Waals surface area contributed by atoms with Gasteiger partial charge in [-0.1, -0.05) is 48.5 Å². The maximum Gasteiger partial charge on any atom is 0.243 e. The molecule has 138 valence electrons. The summed E-state index contributed by atoms with van der Waals surface area (Å²) in [5.74, 6) is -0.477. The lowest BCUT2D eigenvalue weighted by Crippen LogP contribution is -2.41. The average Bonchev–Trinajstić information content (AvgIpc) is 2.66. The molecule has 6 heteroatoms. The van der Waals surface area contributed by atoms with Crippen molar-refractivity contribution in [1.82, 2.24) is 10.4 Å². The highest BCUT2D eigenvalue weighted by Gasteiger charge is 2.15. The Labute approximate surface area is 153 Å². The third-order valence-electron chi connectivity index (χ3n) is 4.22. The van der Waals surface area contributed by atoms with E-state index in [2.05, 4.69) is 0 Å². The molecular formula is C20H25N3O3. The molecule has 2 amide bonds. The molecule has 2 aromatic carbocycles. The summed E-state index contributed by atoms with van der Waals surface area (Å²) < 4.78 is 0. The predicted octanol–water partition coefficient (Wildman–Crippen LogP) is 1.75. The van der Waals surface area contributed by atoms with E-state index in [0.29, 0.717) is 12.8 Å². The lowest BCUT2D eigenvalue weighted by atomic mass is 9.99. The molecule has 26 heavy (non-hydrogen) atoms. The molecule has 2 rings (SSSR count). The minimum absolute atomic E-state index is 0.0838. The highest BCUT2D eigenvalue weighted by molar-refractivity contribution is 5.81. The molecule has 0 bridgehead atoms. The summed E-state index contributed by atoms with van der Waals surface area (Å²) in [6.45, 7) is 0. The van der Waals surface area contributed by atoms with Crippen LogP contribution in [0.25, 0.3) is 11.1 Å². The number of aryl methyl sites for hydroxylation is 1. The molecule has 0 fully saturated rings. The zero-order valence-electron chi connectivity index (χ0n) is 15.1. The van der Waals surface area contributed by atoms with Crippen LogP contribution >= 0.6 is 0 Å². The predicted molar refractivity (Wildman–Crippen MR) is 101 cm³/mol. The zero-order valence-corrected chi connectivity index (χ0v) is 15.1. The van der Waals surface area contributed by atoms with Gasteiger partial charge >= 0.3 is 0 Å². The minimum Gasteiger partial charge on any atom is -0.347 e. The second kappa shape index (κ2) is 9.12. The van der Waals surface area contributed by atoms with Gasteiger partial charge in [-0.3, -0.25) is 14.8 Å². The van der Waals surface area contributed by atoms with Crippen molar-refractivity contribution in [3.63, 3.8) is 0 Å². The van der Waals surface area contributed by atoms with Crippen molar-refractivity contribution < 1.29 is 14.8 Å². The fourth-order valence-corrected chi connectivity index (χ4v) is 2.68. The van der Waals surface area contributed by atoms with Crippen LogP contribution in [0.3, 0.4) is 0 Å². The number of benzene rings is 2. The molecule has 2 aromatic rings. The van der Waals surface area contributed by atoms with Crippen LogP contribution in [0, 0.1) is 0 Å². The molecule has 0 aromatic heterocycles. The summed E-state index contributed by atoms with van der Waals surface area (Å²) in [5, 5.41) is 8.51. The Morgan fingerprint density at radius 2 is 1.50 bits per heavy atom. The van der Waals surface area contributed by atoms with Gasteiger partial charge < -0.3 is 10.6 Å². The second-order valence-corrected chi connectivity index (χ2v) is 6.47. The first-order chi connectivity index (χ1) is 12.4. The Hall–Kier alpha value is -2.70. The number of nitrogens with one attached hydrogen (secondary N) is 1. The molecular weight excluding hydrogens is 330 g/mol. The van der Waals surface area contributed by atoms with Crippen LogP contribution in [-0.2, 0) is 22.4 Å². The molecule has 0 aliphatic rings. The second-order valence-electron chi connectivity index (χ2n) is 6.47. The van der Waals surface area contributed by atoms with Crippen LogP contribution in [0.1, 0.15) is 17.5 Å². The number of hydrogen-bond acceptors (Lipinski definition) is 4. The summed E-state index contributed by atoms with van der Waals surface area (Å²) in [5.41, 5.74) is 11.8. The van der Waals surface area contributed by atoms with E-state index in [-0.39, 0.29) is 12.3 Å². The summed E-state index contributed by atoms with van der Waals surface area (Å²) in [4.78, 5) is 24.4. The fourth-order valence-electron chi connectivity index (χ4n) is 2.68. The van der Waals surface area contributed by atoms with E-state index in [4.69, 9.17) is 10.9 Å². The molecule has 1 unspecified atom stereocenters. The molecule has 1 atom stereocenters. The van der Waals surface area contributed by atoms with E-state index in [9.17, 15) is 9.59 Å². The van der Waals surface area contributed by atoms with Gasteiger partial charge in [0.15, 0.2) is 0 Å².